The largest absolute Gasteiger partial charge is 0.478 e. The number of aromatic nitrogens is 2. The summed E-state index contributed by atoms with van der Waals surface area (Å²) >= 11 is 1.60. The number of hydrogen-bond acceptors (Lipinski definition) is 6. The van der Waals surface area contributed by atoms with Crippen LogP contribution >= 0.6 is 11.8 Å². The molecule has 1 atom stereocenters. The second-order valence-corrected chi connectivity index (χ2v) is 5.25. The first-order chi connectivity index (χ1) is 8.46. The average molecular weight is 271 g/mol. The Hall–Kier alpha value is -1.01. The average Bonchev–Trinajstić information content (AvgIpc) is 2.26. The van der Waals surface area contributed by atoms with E-state index >= 15 is 0 Å². The fourth-order valence-corrected chi connectivity index (χ4v) is 2.20. The predicted molar refractivity (Wildman–Crippen MR) is 75.4 cm³/mol. The van der Waals surface area contributed by atoms with E-state index in [2.05, 4.69) is 15.3 Å². The maximum atomic E-state index is 10.0. The molecule has 0 radical (unpaired) electrons. The molecule has 1 heterocycles. The Morgan fingerprint density at radius 3 is 2.83 bits per heavy atom. The maximum Gasteiger partial charge on any atom is 0.226 e. The van der Waals surface area contributed by atoms with E-state index in [4.69, 9.17) is 4.74 Å². The third kappa shape index (κ3) is 5.10. The predicted octanol–water partition coefficient (Wildman–Crippen LogP) is 1.71. The van der Waals surface area contributed by atoms with Gasteiger partial charge in [0.15, 0.2) is 0 Å². The summed E-state index contributed by atoms with van der Waals surface area (Å²) in [7, 11) is 0. The van der Waals surface area contributed by atoms with Crippen LogP contribution in [0.3, 0.4) is 0 Å². The van der Waals surface area contributed by atoms with Crippen LogP contribution in [0, 0.1) is 6.92 Å². The van der Waals surface area contributed by atoms with Gasteiger partial charge in [-0.1, -0.05) is 0 Å². The summed E-state index contributed by atoms with van der Waals surface area (Å²) in [5.74, 6) is 1.70. The Bertz CT molecular complexity index is 386. The van der Waals surface area contributed by atoms with Crippen LogP contribution in [-0.4, -0.2) is 45.8 Å². The highest BCUT2D eigenvalue weighted by atomic mass is 32.2. The van der Waals surface area contributed by atoms with Gasteiger partial charge in [0.05, 0.1) is 12.2 Å². The molecule has 18 heavy (non-hydrogen) atoms. The minimum atomic E-state index is -0.779. The monoisotopic (exact) mass is 271 g/mol. The molecule has 1 aromatic rings. The van der Waals surface area contributed by atoms with Crippen LogP contribution in [0.15, 0.2) is 6.07 Å². The molecule has 0 fully saturated rings. The lowest BCUT2D eigenvalue weighted by Crippen LogP contribution is -2.36. The van der Waals surface area contributed by atoms with E-state index in [-0.39, 0.29) is 0 Å². The Labute approximate surface area is 112 Å². The first kappa shape index (κ1) is 15.0. The summed E-state index contributed by atoms with van der Waals surface area (Å²) in [6.07, 6.45) is 1.96. The summed E-state index contributed by atoms with van der Waals surface area (Å²) < 4.78 is 5.35. The van der Waals surface area contributed by atoms with Crippen molar-refractivity contribution in [2.45, 2.75) is 26.4 Å². The van der Waals surface area contributed by atoms with Crippen LogP contribution in [-0.2, 0) is 0 Å². The summed E-state index contributed by atoms with van der Waals surface area (Å²) in [5, 5.41) is 13.1. The van der Waals surface area contributed by atoms with Gasteiger partial charge in [0, 0.05) is 24.1 Å². The van der Waals surface area contributed by atoms with E-state index in [1.807, 2.05) is 20.1 Å². The molecular weight excluding hydrogens is 250 g/mol. The van der Waals surface area contributed by atoms with Crippen LogP contribution in [0.5, 0.6) is 5.88 Å². The van der Waals surface area contributed by atoms with E-state index in [9.17, 15) is 5.11 Å². The minimum absolute atomic E-state index is 0.406. The quantitative estimate of drug-likeness (QED) is 0.787. The first-order valence-corrected chi connectivity index (χ1v) is 7.30. The van der Waals surface area contributed by atoms with Crippen molar-refractivity contribution in [3.63, 3.8) is 0 Å². The third-order valence-corrected chi connectivity index (χ3v) is 3.12. The molecule has 0 spiro atoms. The highest BCUT2D eigenvalue weighted by Crippen LogP contribution is 2.14. The molecule has 1 unspecified atom stereocenters. The Morgan fingerprint density at radius 1 is 1.50 bits per heavy atom. The minimum Gasteiger partial charge on any atom is -0.478 e. The molecule has 1 aromatic heterocycles. The highest BCUT2D eigenvalue weighted by Gasteiger charge is 2.19. The molecular formula is C12H21N3O2S. The van der Waals surface area contributed by atoms with Gasteiger partial charge in [0.2, 0.25) is 11.8 Å². The van der Waals surface area contributed by atoms with Crippen LogP contribution in [0.4, 0.5) is 5.95 Å². The molecule has 0 aliphatic carbocycles. The number of ether oxygens (including phenoxy) is 1. The molecule has 0 amide bonds. The van der Waals surface area contributed by atoms with Crippen molar-refractivity contribution < 1.29 is 9.84 Å². The third-order valence-electron chi connectivity index (χ3n) is 2.21. The summed E-state index contributed by atoms with van der Waals surface area (Å²) in [6, 6.07) is 1.79. The highest BCUT2D eigenvalue weighted by molar-refractivity contribution is 7.98. The van der Waals surface area contributed by atoms with Crippen molar-refractivity contribution in [1.82, 2.24) is 9.97 Å². The number of nitrogens with one attached hydrogen (secondary N) is 1. The van der Waals surface area contributed by atoms with Crippen LogP contribution in [0.25, 0.3) is 0 Å². The lowest BCUT2D eigenvalue weighted by molar-refractivity contribution is 0.0995. The number of thioether (sulfide) groups is 1. The van der Waals surface area contributed by atoms with Crippen LogP contribution < -0.4 is 10.1 Å². The number of anilines is 1. The molecule has 2 N–H and O–H groups in total. The Kier molecular flexibility index (Phi) is 5.68. The molecule has 6 heteroatoms. The van der Waals surface area contributed by atoms with Crippen molar-refractivity contribution >= 4 is 17.7 Å². The maximum absolute atomic E-state index is 10.0. The van der Waals surface area contributed by atoms with Crippen LogP contribution in [0.2, 0.25) is 0 Å². The lowest BCUT2D eigenvalue weighted by atomic mass is 10.1. The van der Waals surface area contributed by atoms with Crippen molar-refractivity contribution in [1.29, 1.82) is 0 Å². The van der Waals surface area contributed by atoms with Gasteiger partial charge in [-0.3, -0.25) is 0 Å². The molecule has 0 aliphatic rings. The fraction of sp³-hybridized carbons (Fsp3) is 0.667. The van der Waals surface area contributed by atoms with Crippen molar-refractivity contribution in [2.24, 2.45) is 0 Å². The molecule has 1 rings (SSSR count). The molecule has 5 nitrogen and oxygen atoms in total. The van der Waals surface area contributed by atoms with Gasteiger partial charge in [-0.2, -0.15) is 16.7 Å². The fourth-order valence-electron chi connectivity index (χ4n) is 1.47. The summed E-state index contributed by atoms with van der Waals surface area (Å²) in [4.78, 5) is 8.48. The summed E-state index contributed by atoms with van der Waals surface area (Å²) in [6.45, 7) is 6.56. The zero-order chi connectivity index (χ0) is 13.6. The molecule has 0 aromatic carbocycles. The normalized spacial score (nSPS) is 14.1. The van der Waals surface area contributed by atoms with Gasteiger partial charge in [-0.25, -0.2) is 4.98 Å². The van der Waals surface area contributed by atoms with E-state index in [1.165, 1.54) is 0 Å². The van der Waals surface area contributed by atoms with Gasteiger partial charge >= 0.3 is 0 Å². The zero-order valence-electron chi connectivity index (χ0n) is 11.4. The number of rotatable bonds is 7. The zero-order valence-corrected chi connectivity index (χ0v) is 12.2. The second-order valence-electron chi connectivity index (χ2n) is 4.39. The first-order valence-electron chi connectivity index (χ1n) is 5.90. The molecule has 0 aliphatic heterocycles. The number of nitrogens with zero attached hydrogens (tertiary/aromatic N) is 2. The number of aryl methyl sites for hydroxylation is 1. The van der Waals surface area contributed by atoms with Crippen LogP contribution in [0.1, 0.15) is 19.5 Å². The van der Waals surface area contributed by atoms with E-state index in [0.29, 0.717) is 30.7 Å². The van der Waals surface area contributed by atoms with Gasteiger partial charge in [-0.05, 0) is 27.0 Å². The Morgan fingerprint density at radius 2 is 2.22 bits per heavy atom. The van der Waals surface area contributed by atoms with Gasteiger partial charge in [0.25, 0.3) is 0 Å². The van der Waals surface area contributed by atoms with Crippen molar-refractivity contribution in [3.05, 3.63) is 11.8 Å². The molecule has 102 valence electrons. The number of aliphatic hydroxyl groups is 1. The van der Waals surface area contributed by atoms with Gasteiger partial charge in [0.1, 0.15) is 0 Å². The standard InChI is InChI=1S/C12H21N3O2S/c1-5-17-10-6-9(2)14-11(15-10)13-7-12(3,16)8-18-4/h6,16H,5,7-8H2,1-4H3,(H,13,14,15). The van der Waals surface area contributed by atoms with Gasteiger partial charge < -0.3 is 15.2 Å². The van der Waals surface area contributed by atoms with E-state index in [1.54, 1.807) is 24.8 Å². The van der Waals surface area contributed by atoms with Gasteiger partial charge in [-0.15, -0.1) is 0 Å². The van der Waals surface area contributed by atoms with Crippen molar-refractivity contribution in [3.8, 4) is 5.88 Å². The van der Waals surface area contributed by atoms with E-state index in [0.717, 1.165) is 5.69 Å². The van der Waals surface area contributed by atoms with Crippen molar-refractivity contribution in [2.75, 3.05) is 30.5 Å². The SMILES string of the molecule is CCOc1cc(C)nc(NCC(C)(O)CSC)n1. The summed E-state index contributed by atoms with van der Waals surface area (Å²) in [5.41, 5.74) is 0.0543. The smallest absolute Gasteiger partial charge is 0.226 e. The van der Waals surface area contributed by atoms with E-state index < -0.39 is 5.60 Å². The topological polar surface area (TPSA) is 67.3 Å². The lowest BCUT2D eigenvalue weighted by Gasteiger charge is -2.22. The number of hydrogen-bond donors (Lipinski definition) is 2. The molecule has 0 saturated heterocycles. The molecule has 0 bridgehead atoms. The second kappa shape index (κ2) is 6.80. The Balaban J connectivity index is 2.66. The molecule has 0 saturated carbocycles.